The zero-order valence-corrected chi connectivity index (χ0v) is 14.4. The Balaban J connectivity index is 1.68. The Labute approximate surface area is 151 Å². The van der Waals surface area contributed by atoms with Crippen molar-refractivity contribution in [3.05, 3.63) is 47.7 Å². The zero-order chi connectivity index (χ0) is 18.9. The average molecular weight is 381 g/mol. The van der Waals surface area contributed by atoms with E-state index >= 15 is 0 Å². The monoisotopic (exact) mass is 381 g/mol. The minimum absolute atomic E-state index is 0.103. The fraction of sp³-hybridized carbons (Fsp3) is 0.235. The number of nitrogens with one attached hydrogen (secondary N) is 2. The number of hydrogen-bond acceptors (Lipinski definition) is 4. The van der Waals surface area contributed by atoms with E-state index in [9.17, 15) is 22.8 Å². The van der Waals surface area contributed by atoms with E-state index in [1.54, 1.807) is 18.3 Å². The summed E-state index contributed by atoms with van der Waals surface area (Å²) in [5, 5.41) is 4.31. The van der Waals surface area contributed by atoms with Crippen LogP contribution in [0.25, 0.3) is 0 Å². The fourth-order valence-electron chi connectivity index (χ4n) is 2.37. The first-order valence-electron chi connectivity index (χ1n) is 7.63. The van der Waals surface area contributed by atoms with Crippen molar-refractivity contribution in [1.82, 2.24) is 4.98 Å². The van der Waals surface area contributed by atoms with Gasteiger partial charge in [-0.1, -0.05) is 6.07 Å². The van der Waals surface area contributed by atoms with Gasteiger partial charge in [-0.15, -0.1) is 11.8 Å². The van der Waals surface area contributed by atoms with Gasteiger partial charge in [-0.05, 0) is 36.8 Å². The maximum Gasteiger partial charge on any atom is 0.416 e. The third kappa shape index (κ3) is 4.16. The Bertz CT molecular complexity index is 853. The smallest absolute Gasteiger partial charge is 0.324 e. The third-order valence-corrected chi connectivity index (χ3v) is 4.95. The molecule has 9 heteroatoms. The van der Waals surface area contributed by atoms with Crippen LogP contribution in [0, 0.1) is 6.92 Å². The number of aromatic nitrogens is 1. The van der Waals surface area contributed by atoms with Crippen molar-refractivity contribution in [2.24, 2.45) is 0 Å². The summed E-state index contributed by atoms with van der Waals surface area (Å²) in [6.07, 6.45) is -3.00. The summed E-state index contributed by atoms with van der Waals surface area (Å²) in [6.45, 7) is 1.86. The predicted molar refractivity (Wildman–Crippen MR) is 91.9 cm³/mol. The number of benzene rings is 1. The predicted octanol–water partition coefficient (Wildman–Crippen LogP) is 3.85. The van der Waals surface area contributed by atoms with E-state index < -0.39 is 28.8 Å². The summed E-state index contributed by atoms with van der Waals surface area (Å²) in [6, 6.07) is 6.59. The molecule has 5 nitrogen and oxygen atoms in total. The number of amides is 2. The number of halogens is 3. The summed E-state index contributed by atoms with van der Waals surface area (Å²) < 4.78 is 38.3. The van der Waals surface area contributed by atoms with Gasteiger partial charge in [0.25, 0.3) is 0 Å². The topological polar surface area (TPSA) is 71.1 Å². The van der Waals surface area contributed by atoms with Crippen LogP contribution in [-0.2, 0) is 15.8 Å². The molecule has 0 saturated carbocycles. The third-order valence-electron chi connectivity index (χ3n) is 3.68. The number of rotatable bonds is 3. The molecular formula is C17H14F3N3O2S. The van der Waals surface area contributed by atoms with Gasteiger partial charge in [0.05, 0.1) is 16.5 Å². The molecule has 136 valence electrons. The minimum atomic E-state index is -4.48. The van der Waals surface area contributed by atoms with Crippen molar-refractivity contribution in [3.63, 3.8) is 0 Å². The molecule has 0 aliphatic carbocycles. The Kier molecular flexibility index (Phi) is 4.90. The second kappa shape index (κ2) is 6.99. The lowest BCUT2D eigenvalue weighted by atomic mass is 10.1. The molecular weight excluding hydrogens is 367 g/mol. The molecule has 0 saturated heterocycles. The molecule has 0 bridgehead atoms. The number of carbonyl (C=O) groups is 2. The van der Waals surface area contributed by atoms with Crippen molar-refractivity contribution in [1.29, 1.82) is 0 Å². The number of fused-ring (bicyclic) bond motifs is 1. The van der Waals surface area contributed by atoms with Crippen LogP contribution in [-0.4, -0.2) is 22.0 Å². The van der Waals surface area contributed by atoms with Crippen LogP contribution in [0.1, 0.15) is 17.5 Å². The molecule has 3 rings (SSSR count). The normalized spacial score (nSPS) is 16.6. The number of carbonyl (C=O) groups excluding carboxylic acids is 2. The van der Waals surface area contributed by atoms with E-state index in [1.807, 2.05) is 6.92 Å². The zero-order valence-electron chi connectivity index (χ0n) is 13.6. The highest BCUT2D eigenvalue weighted by molar-refractivity contribution is 8.01. The highest BCUT2D eigenvalue weighted by atomic mass is 32.2. The van der Waals surface area contributed by atoms with E-state index in [2.05, 4.69) is 15.6 Å². The Hall–Kier alpha value is -2.55. The quantitative estimate of drug-likeness (QED) is 0.847. The van der Waals surface area contributed by atoms with E-state index in [4.69, 9.17) is 0 Å². The Morgan fingerprint density at radius 1 is 1.31 bits per heavy atom. The summed E-state index contributed by atoms with van der Waals surface area (Å²) in [5.74, 6) is -0.532. The fourth-order valence-corrected chi connectivity index (χ4v) is 3.46. The van der Waals surface area contributed by atoms with Gasteiger partial charge in [-0.3, -0.25) is 9.59 Å². The van der Waals surface area contributed by atoms with Crippen molar-refractivity contribution < 1.29 is 22.8 Å². The lowest BCUT2D eigenvalue weighted by Crippen LogP contribution is -2.32. The van der Waals surface area contributed by atoms with Gasteiger partial charge >= 0.3 is 6.18 Å². The number of nitrogens with zero attached hydrogens (tertiary/aromatic N) is 1. The molecule has 2 aromatic rings. The first-order chi connectivity index (χ1) is 12.2. The summed E-state index contributed by atoms with van der Waals surface area (Å²) in [5.41, 5.74) is 0.213. The second-order valence-electron chi connectivity index (χ2n) is 5.78. The summed E-state index contributed by atoms with van der Waals surface area (Å²) >= 11 is 1.07. The van der Waals surface area contributed by atoms with Crippen molar-refractivity contribution in [2.75, 3.05) is 10.6 Å². The largest absolute Gasteiger partial charge is 0.416 e. The minimum Gasteiger partial charge on any atom is -0.324 e. The van der Waals surface area contributed by atoms with Crippen molar-refractivity contribution >= 4 is 35.1 Å². The molecule has 0 fully saturated rings. The molecule has 0 radical (unpaired) electrons. The van der Waals surface area contributed by atoms with Crippen LogP contribution in [0.15, 0.2) is 41.4 Å². The molecule has 1 atom stereocenters. The maximum atomic E-state index is 12.8. The first kappa shape index (κ1) is 18.2. The average Bonchev–Trinajstić information content (AvgIpc) is 2.56. The molecule has 2 heterocycles. The molecule has 26 heavy (non-hydrogen) atoms. The second-order valence-corrected chi connectivity index (χ2v) is 7.02. The molecule has 1 aromatic heterocycles. The lowest BCUT2D eigenvalue weighted by Gasteiger charge is -2.24. The van der Waals surface area contributed by atoms with E-state index in [0.717, 1.165) is 29.5 Å². The molecule has 1 aromatic carbocycles. The van der Waals surface area contributed by atoms with Crippen LogP contribution in [0.5, 0.6) is 0 Å². The van der Waals surface area contributed by atoms with Crippen LogP contribution < -0.4 is 10.6 Å². The number of anilines is 2. The van der Waals surface area contributed by atoms with Crippen molar-refractivity contribution in [2.45, 2.75) is 29.7 Å². The highest BCUT2D eigenvalue weighted by Crippen LogP contribution is 2.40. The number of thioether (sulfide) groups is 1. The van der Waals surface area contributed by atoms with Crippen LogP contribution in [0.2, 0.25) is 0 Å². The number of alkyl halides is 3. The van der Waals surface area contributed by atoms with Gasteiger partial charge in [0.2, 0.25) is 11.8 Å². The number of pyridine rings is 1. The van der Waals surface area contributed by atoms with Gasteiger partial charge in [0.1, 0.15) is 5.82 Å². The summed E-state index contributed by atoms with van der Waals surface area (Å²) in [4.78, 5) is 28.8. The number of hydrogen-bond donors (Lipinski definition) is 2. The van der Waals surface area contributed by atoms with E-state index in [1.165, 1.54) is 6.07 Å². The molecule has 1 aliphatic rings. The van der Waals surface area contributed by atoms with Gasteiger partial charge < -0.3 is 10.6 Å². The summed E-state index contributed by atoms with van der Waals surface area (Å²) in [7, 11) is 0. The van der Waals surface area contributed by atoms with Gasteiger partial charge in [-0.2, -0.15) is 13.2 Å². The van der Waals surface area contributed by atoms with Crippen molar-refractivity contribution in [3.8, 4) is 0 Å². The van der Waals surface area contributed by atoms with Gasteiger partial charge in [0, 0.05) is 17.5 Å². The maximum absolute atomic E-state index is 12.8. The van der Waals surface area contributed by atoms with Crippen LogP contribution >= 0.6 is 11.8 Å². The lowest BCUT2D eigenvalue weighted by molar-refractivity contribution is -0.137. The van der Waals surface area contributed by atoms with Gasteiger partial charge in [0.15, 0.2) is 0 Å². The highest BCUT2D eigenvalue weighted by Gasteiger charge is 2.34. The Morgan fingerprint density at radius 2 is 2.08 bits per heavy atom. The SMILES string of the molecule is Cc1ccc(NC(=O)C[C@H]2Sc3ccc(C(F)(F)F)cc3NC2=O)nc1. The van der Waals surface area contributed by atoms with Crippen LogP contribution in [0.4, 0.5) is 24.7 Å². The number of aryl methyl sites for hydroxylation is 1. The molecule has 1 aliphatic heterocycles. The molecule has 0 spiro atoms. The molecule has 2 N–H and O–H groups in total. The molecule has 2 amide bonds. The van der Waals surface area contributed by atoms with Gasteiger partial charge in [-0.25, -0.2) is 4.98 Å². The molecule has 0 unspecified atom stereocenters. The standard InChI is InChI=1S/C17H14F3N3O2S/c1-9-2-5-14(21-8-9)23-15(24)7-13-16(25)22-11-6-10(17(18,19)20)3-4-12(11)26-13/h2-6,8,13H,7H2,1H3,(H,22,25)(H,21,23,24)/t13-/m1/s1. The van der Waals surface area contributed by atoms with Crippen LogP contribution in [0.3, 0.4) is 0 Å². The van der Waals surface area contributed by atoms with E-state index in [0.29, 0.717) is 10.7 Å². The van der Waals surface area contributed by atoms with E-state index in [-0.39, 0.29) is 12.1 Å². The Morgan fingerprint density at radius 3 is 2.73 bits per heavy atom. The first-order valence-corrected chi connectivity index (χ1v) is 8.51.